The molecule has 15 heteroatoms. The number of ether oxygens (including phenoxy) is 1. The highest BCUT2D eigenvalue weighted by molar-refractivity contribution is 5.85. The normalized spacial score (nSPS) is 20.9. The summed E-state index contributed by atoms with van der Waals surface area (Å²) in [7, 11) is 0. The number of carbonyl (C=O) groups excluding carboxylic acids is 1. The van der Waals surface area contributed by atoms with E-state index in [-0.39, 0.29) is 49.9 Å². The second kappa shape index (κ2) is 9.33. The molecule has 1 amide bonds. The fourth-order valence-electron chi connectivity index (χ4n) is 3.81. The maximum Gasteiger partial charge on any atom is 0.405 e. The van der Waals surface area contributed by atoms with Gasteiger partial charge in [-0.3, -0.25) is 4.79 Å². The molecule has 4 N–H and O–H groups in total. The molecule has 2 aromatic heterocycles. The highest BCUT2D eigenvalue weighted by Crippen LogP contribution is 2.27. The number of nitrogens with one attached hydrogen (secondary N) is 2. The number of nitrogen functional groups attached to an aromatic ring is 1. The number of hydrogen-bond acceptors (Lipinski definition) is 9. The van der Waals surface area contributed by atoms with Crippen LogP contribution in [0.4, 0.5) is 35.3 Å². The lowest BCUT2D eigenvalue weighted by molar-refractivity contribution is -0.139. The van der Waals surface area contributed by atoms with Crippen LogP contribution in [0, 0.1) is 5.82 Å². The van der Waals surface area contributed by atoms with Crippen LogP contribution in [0.2, 0.25) is 0 Å². The smallest absolute Gasteiger partial charge is 0.376 e. The Balaban J connectivity index is 0. The fourth-order valence-corrected chi connectivity index (χ4v) is 3.81. The average molecular weight is 484 g/mol. The van der Waals surface area contributed by atoms with Crippen LogP contribution in [0.1, 0.15) is 32.8 Å². The van der Waals surface area contributed by atoms with Crippen molar-refractivity contribution in [2.75, 3.05) is 42.2 Å². The third-order valence-electron chi connectivity index (χ3n) is 5.34. The van der Waals surface area contributed by atoms with Crippen LogP contribution in [-0.2, 0) is 9.53 Å². The summed E-state index contributed by atoms with van der Waals surface area (Å²) in [5, 5.41) is 9.05. The van der Waals surface area contributed by atoms with E-state index in [9.17, 15) is 22.4 Å². The zero-order chi connectivity index (χ0) is 23.6. The van der Waals surface area contributed by atoms with Gasteiger partial charge in [0, 0.05) is 26.8 Å². The third-order valence-corrected chi connectivity index (χ3v) is 5.34. The van der Waals surface area contributed by atoms with Crippen LogP contribution < -0.4 is 21.3 Å². The first-order chi connectivity index (χ1) is 15.7. The van der Waals surface area contributed by atoms with Gasteiger partial charge in [0.05, 0.1) is 12.3 Å². The Kier molecular flexibility index (Phi) is 6.49. The van der Waals surface area contributed by atoms with Crippen molar-refractivity contribution < 1.29 is 34.2 Å². The highest BCUT2D eigenvalue weighted by Gasteiger charge is 2.36. The Morgan fingerprint density at radius 1 is 1.30 bits per heavy atom. The van der Waals surface area contributed by atoms with Crippen LogP contribution in [0.3, 0.4) is 0 Å². The lowest BCUT2D eigenvalue weighted by Gasteiger charge is -2.25. The number of rotatable bonds is 7. The number of carbonyl (C=O) groups is 1. The summed E-state index contributed by atoms with van der Waals surface area (Å²) < 4.78 is 58.6. The molecule has 2 aromatic rings. The summed E-state index contributed by atoms with van der Waals surface area (Å²) in [6.07, 6.45) is -0.984. The van der Waals surface area contributed by atoms with Gasteiger partial charge in [-0.1, -0.05) is 0 Å². The molecule has 0 spiro atoms. The number of hydrogen-bond donors (Lipinski definition) is 3. The molecule has 0 saturated carbocycles. The molecule has 4 rings (SSSR count). The molecular weight excluding hydrogens is 450 g/mol. The van der Waals surface area contributed by atoms with Gasteiger partial charge in [0.25, 0.3) is 5.95 Å². The first-order valence-electron chi connectivity index (χ1n) is 10.4. The van der Waals surface area contributed by atoms with Crippen LogP contribution in [0.15, 0.2) is 6.20 Å². The number of anilines is 3. The standard InChI is InChI=1S/C18H23F4N9O2.5H2/c19-11-8-25-17(31-15(23)28-16(29-31)24-7-10-3-2-6-33-10)27-13(11)30-5-1-4-12(30)14(32)26-9-18(20,21)22;;;;;/h8,10,12H,1-7,9H2,(H,26,32)(H3,23,24,28,29);5*1H/t10?,12-;;;;;/m1...../s1. The zero-order valence-corrected chi connectivity index (χ0v) is 17.5. The van der Waals surface area contributed by atoms with E-state index in [2.05, 4.69) is 25.4 Å². The molecule has 190 valence electrons. The maximum atomic E-state index is 14.6. The number of nitrogens with zero attached hydrogens (tertiary/aromatic N) is 6. The molecule has 2 saturated heterocycles. The maximum absolute atomic E-state index is 14.6. The molecule has 0 aromatic carbocycles. The van der Waals surface area contributed by atoms with Gasteiger partial charge >= 0.3 is 6.18 Å². The summed E-state index contributed by atoms with van der Waals surface area (Å²) >= 11 is 0. The topological polar surface area (TPSA) is 136 Å². The van der Waals surface area contributed by atoms with Crippen LogP contribution in [0.25, 0.3) is 5.95 Å². The number of nitrogens with two attached hydrogens (primary N) is 1. The molecule has 0 bridgehead atoms. The van der Waals surface area contributed by atoms with Crippen LogP contribution in [-0.4, -0.2) is 75.2 Å². The number of halogens is 4. The molecular formula is C18H33F4N9O2. The first kappa shape index (κ1) is 22.9. The summed E-state index contributed by atoms with van der Waals surface area (Å²) in [6.45, 7) is -0.0426. The molecule has 11 nitrogen and oxygen atoms in total. The van der Waals surface area contributed by atoms with E-state index in [0.717, 1.165) is 23.7 Å². The van der Waals surface area contributed by atoms with Crippen molar-refractivity contribution in [2.24, 2.45) is 0 Å². The second-order valence-electron chi connectivity index (χ2n) is 7.75. The second-order valence-corrected chi connectivity index (χ2v) is 7.75. The van der Waals surface area contributed by atoms with E-state index in [1.165, 1.54) is 4.90 Å². The molecule has 2 aliphatic rings. The summed E-state index contributed by atoms with van der Waals surface area (Å²) in [4.78, 5) is 25.7. The van der Waals surface area contributed by atoms with Crippen LogP contribution in [0.5, 0.6) is 0 Å². The Bertz CT molecular complexity index is 1020. The van der Waals surface area contributed by atoms with Gasteiger partial charge < -0.3 is 26.0 Å². The quantitative estimate of drug-likeness (QED) is 0.507. The van der Waals surface area contributed by atoms with Gasteiger partial charge in [-0.05, 0) is 25.7 Å². The van der Waals surface area contributed by atoms with Gasteiger partial charge in [-0.15, -0.1) is 5.10 Å². The molecule has 2 atom stereocenters. The van der Waals surface area contributed by atoms with Crippen LogP contribution >= 0.6 is 0 Å². The SMILES string of the molecule is Nc1nc(NCC2CCCO2)nn1-c1ncc(F)c(N2CCC[C@@H]2C(=O)NCC(F)(F)F)n1.[HH].[HH].[HH].[HH].[HH]. The Hall–Kier alpha value is -3.23. The minimum Gasteiger partial charge on any atom is -0.376 e. The van der Waals surface area contributed by atoms with E-state index < -0.39 is 30.5 Å². The number of amides is 1. The molecule has 0 radical (unpaired) electrons. The van der Waals surface area contributed by atoms with Gasteiger partial charge in [0.2, 0.25) is 17.8 Å². The van der Waals surface area contributed by atoms with Gasteiger partial charge in [0.1, 0.15) is 12.6 Å². The van der Waals surface area contributed by atoms with E-state index in [1.54, 1.807) is 0 Å². The van der Waals surface area contributed by atoms with Crippen molar-refractivity contribution in [1.29, 1.82) is 0 Å². The van der Waals surface area contributed by atoms with Gasteiger partial charge in [0.15, 0.2) is 11.6 Å². The van der Waals surface area contributed by atoms with E-state index in [4.69, 9.17) is 10.5 Å². The van der Waals surface area contributed by atoms with Crippen molar-refractivity contribution in [1.82, 2.24) is 30.0 Å². The van der Waals surface area contributed by atoms with Crippen molar-refractivity contribution in [3.8, 4) is 5.95 Å². The largest absolute Gasteiger partial charge is 0.405 e. The van der Waals surface area contributed by atoms with Crippen molar-refractivity contribution in [2.45, 2.75) is 44.0 Å². The fraction of sp³-hybridized carbons (Fsp3) is 0.611. The minimum atomic E-state index is -4.55. The van der Waals surface area contributed by atoms with Crippen molar-refractivity contribution >= 4 is 23.6 Å². The molecule has 2 fully saturated rings. The Labute approximate surface area is 193 Å². The molecule has 1 unspecified atom stereocenters. The third kappa shape index (κ3) is 5.40. The summed E-state index contributed by atoms with van der Waals surface area (Å²) in [5.74, 6) is -1.85. The van der Waals surface area contributed by atoms with Gasteiger partial charge in [-0.25, -0.2) is 9.37 Å². The first-order valence-corrected chi connectivity index (χ1v) is 10.4. The predicted molar refractivity (Wildman–Crippen MR) is 119 cm³/mol. The highest BCUT2D eigenvalue weighted by atomic mass is 19.4. The molecule has 4 heterocycles. The van der Waals surface area contributed by atoms with Crippen molar-refractivity contribution in [3.05, 3.63) is 12.0 Å². The monoisotopic (exact) mass is 483 g/mol. The minimum absolute atomic E-state index is 0. The lowest BCUT2D eigenvalue weighted by Crippen LogP contribution is -2.46. The predicted octanol–water partition coefficient (Wildman–Crippen LogP) is 2.25. The van der Waals surface area contributed by atoms with Gasteiger partial charge in [-0.2, -0.15) is 27.8 Å². The number of alkyl halides is 3. The van der Waals surface area contributed by atoms with Crippen molar-refractivity contribution in [3.63, 3.8) is 0 Å². The lowest BCUT2D eigenvalue weighted by atomic mass is 10.2. The zero-order valence-electron chi connectivity index (χ0n) is 17.5. The Morgan fingerprint density at radius 2 is 2.12 bits per heavy atom. The average Bonchev–Trinajstić information content (AvgIpc) is 3.51. The molecule has 33 heavy (non-hydrogen) atoms. The summed E-state index contributed by atoms with van der Waals surface area (Å²) in [6, 6.07) is -0.999. The van der Waals surface area contributed by atoms with E-state index >= 15 is 0 Å². The Morgan fingerprint density at radius 3 is 2.85 bits per heavy atom. The number of aromatic nitrogens is 5. The van der Waals surface area contributed by atoms with E-state index in [1.807, 2.05) is 5.32 Å². The summed E-state index contributed by atoms with van der Waals surface area (Å²) in [5.41, 5.74) is 5.91. The van der Waals surface area contributed by atoms with E-state index in [0.29, 0.717) is 19.6 Å². The molecule has 2 aliphatic heterocycles. The molecule has 0 aliphatic carbocycles.